The molecule has 5 nitrogen and oxygen atoms in total. The number of hydrogen-bond acceptors (Lipinski definition) is 6. The second-order valence-corrected chi connectivity index (χ2v) is 5.36. The molecule has 0 saturated carbocycles. The lowest BCUT2D eigenvalue weighted by Crippen LogP contribution is -2.13. The van der Waals surface area contributed by atoms with Crippen LogP contribution in [0, 0.1) is 0 Å². The third-order valence-electron chi connectivity index (χ3n) is 1.71. The van der Waals surface area contributed by atoms with Gasteiger partial charge in [0.2, 0.25) is 0 Å². The molecule has 0 aliphatic carbocycles. The zero-order chi connectivity index (χ0) is 12.0. The quantitative estimate of drug-likeness (QED) is 0.778. The Morgan fingerprint density at radius 3 is 3.06 bits per heavy atom. The van der Waals surface area contributed by atoms with Crippen molar-refractivity contribution in [1.82, 2.24) is 4.98 Å². The van der Waals surface area contributed by atoms with Gasteiger partial charge >= 0.3 is 5.97 Å². The fourth-order valence-corrected chi connectivity index (χ4v) is 2.11. The summed E-state index contributed by atoms with van der Waals surface area (Å²) in [6.45, 7) is 2.63. The first-order chi connectivity index (χ1) is 7.65. The summed E-state index contributed by atoms with van der Waals surface area (Å²) in [5.74, 6) is 0.115. The van der Waals surface area contributed by atoms with Crippen LogP contribution in [0.4, 0.5) is 5.00 Å². The van der Waals surface area contributed by atoms with Gasteiger partial charge in [0.25, 0.3) is 0 Å². The Kier molecular flexibility index (Phi) is 5.41. The highest BCUT2D eigenvalue weighted by molar-refractivity contribution is 7.84. The average Bonchev–Trinajstić information content (AvgIpc) is 2.66. The van der Waals surface area contributed by atoms with Crippen LogP contribution in [0.15, 0.2) is 5.51 Å². The number of nitrogens with one attached hydrogen (secondary N) is 1. The number of thiazole rings is 1. The first kappa shape index (κ1) is 13.1. The van der Waals surface area contributed by atoms with E-state index in [1.807, 2.05) is 0 Å². The third-order valence-corrected chi connectivity index (χ3v) is 3.27. The summed E-state index contributed by atoms with van der Waals surface area (Å²) in [7, 11) is -0.842. The molecule has 0 aromatic carbocycles. The van der Waals surface area contributed by atoms with Gasteiger partial charge in [-0.1, -0.05) is 0 Å². The van der Waals surface area contributed by atoms with E-state index in [0.29, 0.717) is 29.6 Å². The van der Waals surface area contributed by atoms with E-state index in [1.165, 1.54) is 11.3 Å². The van der Waals surface area contributed by atoms with Gasteiger partial charge in [-0.3, -0.25) is 4.21 Å². The highest BCUT2D eigenvalue weighted by atomic mass is 32.2. The molecule has 1 unspecified atom stereocenters. The zero-order valence-corrected chi connectivity index (χ0v) is 10.8. The van der Waals surface area contributed by atoms with Gasteiger partial charge in [-0.05, 0) is 6.92 Å². The number of anilines is 1. The van der Waals surface area contributed by atoms with Crippen LogP contribution in [0.5, 0.6) is 0 Å². The molecule has 0 spiro atoms. The summed E-state index contributed by atoms with van der Waals surface area (Å²) in [6, 6.07) is 0. The molecule has 0 fully saturated rings. The minimum atomic E-state index is -0.842. The summed E-state index contributed by atoms with van der Waals surface area (Å²) in [6.07, 6.45) is 1.64. The third kappa shape index (κ3) is 3.90. The molecule has 1 rings (SSSR count). The van der Waals surface area contributed by atoms with Crippen molar-refractivity contribution in [1.29, 1.82) is 0 Å². The van der Waals surface area contributed by atoms with Gasteiger partial charge < -0.3 is 10.1 Å². The van der Waals surface area contributed by atoms with Crippen LogP contribution in [0.25, 0.3) is 0 Å². The summed E-state index contributed by atoms with van der Waals surface area (Å²) in [5.41, 5.74) is 1.88. The van der Waals surface area contributed by atoms with Gasteiger partial charge in [0.15, 0.2) is 5.69 Å². The predicted octanol–water partition coefficient (Wildman–Crippen LogP) is 1.11. The summed E-state index contributed by atoms with van der Waals surface area (Å²) in [4.78, 5) is 15.4. The van der Waals surface area contributed by atoms with Crippen molar-refractivity contribution in [2.75, 3.05) is 30.5 Å². The summed E-state index contributed by atoms with van der Waals surface area (Å²) in [5, 5.41) is 3.70. The zero-order valence-electron chi connectivity index (χ0n) is 9.19. The van der Waals surface area contributed by atoms with Crippen LogP contribution in [-0.2, 0) is 15.5 Å². The Balaban J connectivity index is 2.56. The molecule has 0 aliphatic rings. The molecule has 0 bridgehead atoms. The van der Waals surface area contributed by atoms with E-state index in [2.05, 4.69) is 10.3 Å². The smallest absolute Gasteiger partial charge is 0.360 e. The van der Waals surface area contributed by atoms with Crippen molar-refractivity contribution in [3.8, 4) is 0 Å². The van der Waals surface area contributed by atoms with Crippen molar-refractivity contribution in [3.63, 3.8) is 0 Å². The highest BCUT2D eigenvalue weighted by Gasteiger charge is 2.15. The second kappa shape index (κ2) is 6.59. The number of hydrogen-bond donors (Lipinski definition) is 1. The van der Waals surface area contributed by atoms with Crippen molar-refractivity contribution in [3.05, 3.63) is 11.2 Å². The molecule has 0 aliphatic heterocycles. The summed E-state index contributed by atoms with van der Waals surface area (Å²) < 4.78 is 15.7. The number of carbonyl (C=O) groups is 1. The lowest BCUT2D eigenvalue weighted by atomic mass is 10.4. The molecule has 1 heterocycles. The van der Waals surface area contributed by atoms with Crippen LogP contribution in [-0.4, -0.2) is 40.3 Å². The first-order valence-electron chi connectivity index (χ1n) is 4.79. The monoisotopic (exact) mass is 262 g/mol. The van der Waals surface area contributed by atoms with Gasteiger partial charge in [-0.15, -0.1) is 11.3 Å². The van der Waals surface area contributed by atoms with Crippen LogP contribution >= 0.6 is 11.3 Å². The Bertz CT molecular complexity index is 379. The molecule has 90 valence electrons. The number of aromatic nitrogens is 1. The molecule has 0 saturated heterocycles. The SMILES string of the molecule is CCOC(=O)c1ncsc1NCCS(C)=O. The van der Waals surface area contributed by atoms with Crippen molar-refractivity contribution in [2.45, 2.75) is 6.92 Å². The minimum absolute atomic E-state index is 0.300. The first-order valence-corrected chi connectivity index (χ1v) is 7.40. The van der Waals surface area contributed by atoms with Crippen LogP contribution in [0.3, 0.4) is 0 Å². The van der Waals surface area contributed by atoms with E-state index in [4.69, 9.17) is 4.74 Å². The van der Waals surface area contributed by atoms with Crippen molar-refractivity contribution >= 4 is 33.1 Å². The molecule has 0 amide bonds. The molecule has 1 aromatic heterocycles. The van der Waals surface area contributed by atoms with Crippen LogP contribution in [0.2, 0.25) is 0 Å². The lowest BCUT2D eigenvalue weighted by Gasteiger charge is -2.04. The molecular formula is C9H14N2O3S2. The van der Waals surface area contributed by atoms with Crippen LogP contribution < -0.4 is 5.32 Å². The fourth-order valence-electron chi connectivity index (χ4n) is 1.02. The maximum Gasteiger partial charge on any atom is 0.360 e. The molecular weight excluding hydrogens is 248 g/mol. The predicted molar refractivity (Wildman–Crippen MR) is 65.5 cm³/mol. The fraction of sp³-hybridized carbons (Fsp3) is 0.556. The molecule has 1 N–H and O–H groups in total. The van der Waals surface area contributed by atoms with E-state index >= 15 is 0 Å². The Labute approximate surface area is 101 Å². The molecule has 1 atom stereocenters. The van der Waals surface area contributed by atoms with E-state index in [0.717, 1.165) is 0 Å². The van der Waals surface area contributed by atoms with E-state index < -0.39 is 16.8 Å². The second-order valence-electron chi connectivity index (χ2n) is 2.95. The minimum Gasteiger partial charge on any atom is -0.461 e. The topological polar surface area (TPSA) is 68.3 Å². The number of rotatable bonds is 6. The van der Waals surface area contributed by atoms with E-state index in [-0.39, 0.29) is 0 Å². The highest BCUT2D eigenvalue weighted by Crippen LogP contribution is 2.20. The standard InChI is InChI=1S/C9H14N2O3S2/c1-3-14-9(12)7-8(15-6-11-7)10-4-5-16(2)13/h6,10H,3-5H2,1-2H3. The number of esters is 1. The average molecular weight is 262 g/mol. The van der Waals surface area contributed by atoms with Gasteiger partial charge in [-0.25, -0.2) is 9.78 Å². The van der Waals surface area contributed by atoms with Crippen molar-refractivity contribution < 1.29 is 13.7 Å². The van der Waals surface area contributed by atoms with Crippen LogP contribution in [0.1, 0.15) is 17.4 Å². The Morgan fingerprint density at radius 2 is 2.44 bits per heavy atom. The van der Waals surface area contributed by atoms with Gasteiger partial charge in [0, 0.05) is 29.4 Å². The Hall–Kier alpha value is -0.950. The van der Waals surface area contributed by atoms with E-state index in [1.54, 1.807) is 18.7 Å². The maximum atomic E-state index is 11.4. The van der Waals surface area contributed by atoms with Gasteiger partial charge in [0.1, 0.15) is 5.00 Å². The molecule has 7 heteroatoms. The maximum absolute atomic E-state index is 11.4. The van der Waals surface area contributed by atoms with Gasteiger partial charge in [0.05, 0.1) is 12.1 Å². The molecule has 16 heavy (non-hydrogen) atoms. The number of nitrogens with zero attached hydrogens (tertiary/aromatic N) is 1. The Morgan fingerprint density at radius 1 is 1.69 bits per heavy atom. The number of ether oxygens (including phenoxy) is 1. The lowest BCUT2D eigenvalue weighted by molar-refractivity contribution is 0.0521. The molecule has 0 radical (unpaired) electrons. The largest absolute Gasteiger partial charge is 0.461 e. The normalized spacial score (nSPS) is 12.1. The van der Waals surface area contributed by atoms with Gasteiger partial charge in [-0.2, -0.15) is 0 Å². The summed E-state index contributed by atoms with van der Waals surface area (Å²) >= 11 is 1.33. The molecule has 1 aromatic rings. The van der Waals surface area contributed by atoms with E-state index in [9.17, 15) is 9.00 Å². The van der Waals surface area contributed by atoms with Crippen molar-refractivity contribution in [2.24, 2.45) is 0 Å². The number of carbonyl (C=O) groups excluding carboxylic acids is 1.